The highest BCUT2D eigenvalue weighted by Gasteiger charge is 2.19. The smallest absolute Gasteiger partial charge is 0.319 e. The third-order valence-corrected chi connectivity index (χ3v) is 5.17. The first kappa shape index (κ1) is 18.7. The minimum Gasteiger partial charge on any atom is -0.463 e. The summed E-state index contributed by atoms with van der Waals surface area (Å²) in [4.78, 5) is 19.4. The average Bonchev–Trinajstić information content (AvgIpc) is 3.01. The Kier molecular flexibility index (Phi) is 5.62. The Hall–Kier alpha value is -3.05. The number of thiazole rings is 1. The molecule has 7 nitrogen and oxygen atoms in total. The van der Waals surface area contributed by atoms with Crippen molar-refractivity contribution in [2.75, 3.05) is 18.6 Å². The number of hydrogen-bond donors (Lipinski definition) is 0. The molecule has 3 heterocycles. The molecule has 0 saturated carbocycles. The molecule has 0 aliphatic carbocycles. The van der Waals surface area contributed by atoms with Crippen molar-refractivity contribution >= 4 is 22.2 Å². The fraction of sp³-hybridized carbons (Fsp3) is 0.316. The molecule has 0 radical (unpaired) electrons. The van der Waals surface area contributed by atoms with Crippen LogP contribution in [0.3, 0.4) is 0 Å². The summed E-state index contributed by atoms with van der Waals surface area (Å²) in [6.07, 6.45) is 2.39. The van der Waals surface area contributed by atoms with Gasteiger partial charge in [0, 0.05) is 30.9 Å². The number of rotatable bonds is 6. The molecule has 0 N–H and O–H groups in total. The molecule has 0 spiro atoms. The molecule has 3 aromatic heterocycles. The van der Waals surface area contributed by atoms with Crippen molar-refractivity contribution in [3.05, 3.63) is 52.0 Å². The first-order valence-electron chi connectivity index (χ1n) is 8.48. The predicted molar refractivity (Wildman–Crippen MR) is 105 cm³/mol. The van der Waals surface area contributed by atoms with E-state index in [1.54, 1.807) is 17.5 Å². The number of nitrogens with zero attached hydrogens (tertiary/aromatic N) is 6. The maximum Gasteiger partial charge on any atom is 0.319 e. The molecule has 3 aromatic rings. The van der Waals surface area contributed by atoms with Crippen LogP contribution in [0.15, 0.2) is 24.4 Å². The van der Waals surface area contributed by atoms with E-state index in [0.29, 0.717) is 30.1 Å². The molecule has 0 amide bonds. The minimum absolute atomic E-state index is 0.189. The van der Waals surface area contributed by atoms with Gasteiger partial charge in [-0.2, -0.15) is 15.2 Å². The molecule has 0 bridgehead atoms. The Labute approximate surface area is 162 Å². The maximum absolute atomic E-state index is 9.45. The maximum atomic E-state index is 9.45. The van der Waals surface area contributed by atoms with E-state index >= 15 is 0 Å². The number of aryl methyl sites for hydroxylation is 2. The summed E-state index contributed by atoms with van der Waals surface area (Å²) in [6.45, 7) is 6.15. The van der Waals surface area contributed by atoms with Crippen molar-refractivity contribution in [1.29, 1.82) is 5.26 Å². The largest absolute Gasteiger partial charge is 0.463 e. The van der Waals surface area contributed by atoms with Gasteiger partial charge in [-0.3, -0.25) is 4.98 Å². The van der Waals surface area contributed by atoms with Crippen LogP contribution in [0.5, 0.6) is 6.01 Å². The summed E-state index contributed by atoms with van der Waals surface area (Å²) in [5.41, 5.74) is 2.87. The van der Waals surface area contributed by atoms with Crippen LogP contribution in [0.4, 0.5) is 10.8 Å². The van der Waals surface area contributed by atoms with Crippen LogP contribution >= 0.6 is 11.3 Å². The second kappa shape index (κ2) is 8.10. The minimum atomic E-state index is 0.189. The van der Waals surface area contributed by atoms with Gasteiger partial charge in [-0.1, -0.05) is 6.07 Å². The van der Waals surface area contributed by atoms with Gasteiger partial charge >= 0.3 is 6.01 Å². The topological polar surface area (TPSA) is 87.8 Å². The summed E-state index contributed by atoms with van der Waals surface area (Å²) in [6, 6.07) is 8.06. The highest BCUT2D eigenvalue weighted by molar-refractivity contribution is 7.15. The van der Waals surface area contributed by atoms with Crippen LogP contribution in [0, 0.1) is 32.1 Å². The van der Waals surface area contributed by atoms with Crippen LogP contribution < -0.4 is 9.64 Å². The summed E-state index contributed by atoms with van der Waals surface area (Å²) in [5, 5.41) is 11.4. The van der Waals surface area contributed by atoms with Crippen LogP contribution in [-0.4, -0.2) is 33.6 Å². The van der Waals surface area contributed by atoms with Crippen molar-refractivity contribution in [2.24, 2.45) is 0 Å². The van der Waals surface area contributed by atoms with Crippen molar-refractivity contribution in [3.63, 3.8) is 0 Å². The van der Waals surface area contributed by atoms with Crippen molar-refractivity contribution in [2.45, 2.75) is 27.2 Å². The molecule has 0 fully saturated rings. The Bertz CT molecular complexity index is 980. The van der Waals surface area contributed by atoms with E-state index in [1.165, 1.54) is 0 Å². The number of anilines is 2. The summed E-state index contributed by atoms with van der Waals surface area (Å²) in [5.74, 6) is 0.640. The van der Waals surface area contributed by atoms with E-state index in [0.717, 1.165) is 21.4 Å². The molecule has 0 atom stereocenters. The zero-order chi connectivity index (χ0) is 19.4. The lowest BCUT2D eigenvalue weighted by atomic mass is 10.2. The van der Waals surface area contributed by atoms with E-state index < -0.39 is 0 Å². The summed E-state index contributed by atoms with van der Waals surface area (Å²) in [7, 11) is 1.91. The van der Waals surface area contributed by atoms with Gasteiger partial charge in [-0.25, -0.2) is 4.98 Å². The van der Waals surface area contributed by atoms with E-state index in [-0.39, 0.29) is 6.01 Å². The third-order valence-electron chi connectivity index (χ3n) is 4.02. The molecular weight excluding hydrogens is 360 g/mol. The van der Waals surface area contributed by atoms with E-state index in [1.807, 2.05) is 50.9 Å². The lowest BCUT2D eigenvalue weighted by Gasteiger charge is -2.20. The number of hydrogen-bond acceptors (Lipinski definition) is 8. The van der Waals surface area contributed by atoms with Gasteiger partial charge in [0.05, 0.1) is 17.3 Å². The normalized spacial score (nSPS) is 10.5. The number of aromatic nitrogens is 4. The molecule has 0 aliphatic rings. The van der Waals surface area contributed by atoms with Gasteiger partial charge in [-0.15, -0.1) is 11.3 Å². The van der Waals surface area contributed by atoms with E-state index in [2.05, 4.69) is 26.0 Å². The Balaban J connectivity index is 1.85. The molecular formula is C19H20N6OS. The predicted octanol–water partition coefficient (Wildman–Crippen LogP) is 3.51. The van der Waals surface area contributed by atoms with Gasteiger partial charge in [0.1, 0.15) is 16.9 Å². The monoisotopic (exact) mass is 380 g/mol. The average molecular weight is 380 g/mol. The lowest BCUT2D eigenvalue weighted by Crippen LogP contribution is -2.16. The number of ether oxygens (including phenoxy) is 1. The third kappa shape index (κ3) is 4.20. The van der Waals surface area contributed by atoms with Crippen molar-refractivity contribution < 1.29 is 4.74 Å². The fourth-order valence-electron chi connectivity index (χ4n) is 2.71. The summed E-state index contributed by atoms with van der Waals surface area (Å²) < 4.78 is 5.72. The standard InChI is InChI=1S/C19H20N6OS/c1-12-16(11-20)23-19(26-10-8-15-7-5-6-9-21-15)24-17(12)25(4)18-13(2)22-14(3)27-18/h5-7,9H,8,10H2,1-4H3. The molecule has 0 aromatic carbocycles. The first-order chi connectivity index (χ1) is 13.0. The number of nitriles is 1. The zero-order valence-corrected chi connectivity index (χ0v) is 16.5. The van der Waals surface area contributed by atoms with Crippen LogP contribution in [-0.2, 0) is 6.42 Å². The highest BCUT2D eigenvalue weighted by atomic mass is 32.1. The van der Waals surface area contributed by atoms with Crippen LogP contribution in [0.25, 0.3) is 0 Å². The molecule has 0 aliphatic heterocycles. The van der Waals surface area contributed by atoms with E-state index in [9.17, 15) is 5.26 Å². The molecule has 0 saturated heterocycles. The van der Waals surface area contributed by atoms with Crippen molar-refractivity contribution in [1.82, 2.24) is 19.9 Å². The van der Waals surface area contributed by atoms with Gasteiger partial charge in [0.15, 0.2) is 5.69 Å². The van der Waals surface area contributed by atoms with Gasteiger partial charge < -0.3 is 9.64 Å². The summed E-state index contributed by atoms with van der Waals surface area (Å²) >= 11 is 1.58. The molecule has 138 valence electrons. The van der Waals surface area contributed by atoms with Gasteiger partial charge in [-0.05, 0) is 32.9 Å². The lowest BCUT2D eigenvalue weighted by molar-refractivity contribution is 0.295. The quantitative estimate of drug-likeness (QED) is 0.646. The van der Waals surface area contributed by atoms with Crippen molar-refractivity contribution in [3.8, 4) is 12.1 Å². The highest BCUT2D eigenvalue weighted by Crippen LogP contribution is 2.34. The van der Waals surface area contributed by atoms with Crippen LogP contribution in [0.2, 0.25) is 0 Å². The first-order valence-corrected chi connectivity index (χ1v) is 9.30. The van der Waals surface area contributed by atoms with Crippen LogP contribution in [0.1, 0.15) is 27.7 Å². The Morgan fingerprint density at radius 3 is 2.63 bits per heavy atom. The van der Waals surface area contributed by atoms with Gasteiger partial charge in [0.2, 0.25) is 0 Å². The second-order valence-corrected chi connectivity index (χ2v) is 7.20. The fourth-order valence-corrected chi connectivity index (χ4v) is 3.58. The second-order valence-electron chi connectivity index (χ2n) is 6.02. The number of pyridine rings is 1. The Morgan fingerprint density at radius 1 is 1.19 bits per heavy atom. The Morgan fingerprint density at radius 2 is 2.00 bits per heavy atom. The zero-order valence-electron chi connectivity index (χ0n) is 15.7. The SMILES string of the molecule is Cc1nc(C)c(N(C)c2nc(OCCc3ccccn3)nc(C#N)c2C)s1. The molecule has 27 heavy (non-hydrogen) atoms. The molecule has 0 unspecified atom stereocenters. The van der Waals surface area contributed by atoms with E-state index in [4.69, 9.17) is 4.74 Å². The molecule has 8 heteroatoms. The molecule has 3 rings (SSSR count). The van der Waals surface area contributed by atoms with Gasteiger partial charge in [0.25, 0.3) is 0 Å².